The molecule has 0 radical (unpaired) electrons. The third kappa shape index (κ3) is 2.52. The third-order valence-corrected chi connectivity index (χ3v) is 2.69. The second kappa shape index (κ2) is 4.99. The molecule has 1 heterocycles. The zero-order valence-corrected chi connectivity index (χ0v) is 9.19. The molecule has 1 aromatic carbocycles. The maximum absolute atomic E-state index is 11.7. The van der Waals surface area contributed by atoms with E-state index in [0.29, 0.717) is 26.0 Å². The van der Waals surface area contributed by atoms with Crippen LogP contribution < -0.4 is 5.73 Å². The Hall–Kier alpha value is -1.55. The first-order valence-corrected chi connectivity index (χ1v) is 5.54. The highest BCUT2D eigenvalue weighted by atomic mass is 16.7. The highest BCUT2D eigenvalue weighted by Crippen LogP contribution is 2.14. The molecular formula is C12H16N2O2. The van der Waals surface area contributed by atoms with Crippen molar-refractivity contribution in [2.75, 3.05) is 18.9 Å². The maximum atomic E-state index is 11.7. The number of rotatable bonds is 3. The number of amides is 1. The summed E-state index contributed by atoms with van der Waals surface area (Å²) in [6, 6.07) is 7.63. The standard InChI is InChI=1S/C12H16N2O2/c13-11-5-2-1-4-10(11)6-7-12(15)14-8-3-9-16-14/h1-2,4-5H,3,6-9,13H2. The van der Waals surface area contributed by atoms with Crippen LogP contribution in [0.1, 0.15) is 18.4 Å². The van der Waals surface area contributed by atoms with E-state index in [2.05, 4.69) is 0 Å². The number of nitrogens with zero attached hydrogens (tertiary/aromatic N) is 1. The molecule has 16 heavy (non-hydrogen) atoms. The van der Waals surface area contributed by atoms with E-state index in [1.54, 1.807) is 0 Å². The number of anilines is 1. The summed E-state index contributed by atoms with van der Waals surface area (Å²) in [6.45, 7) is 1.36. The number of nitrogen functional groups attached to an aromatic ring is 1. The first-order chi connectivity index (χ1) is 7.77. The normalized spacial score (nSPS) is 15.4. The molecule has 0 unspecified atom stereocenters. The Morgan fingerprint density at radius 2 is 2.25 bits per heavy atom. The van der Waals surface area contributed by atoms with Gasteiger partial charge in [-0.25, -0.2) is 5.06 Å². The molecule has 1 aliphatic heterocycles. The topological polar surface area (TPSA) is 55.6 Å². The summed E-state index contributed by atoms with van der Waals surface area (Å²) in [5.41, 5.74) is 7.58. The number of nitrogens with two attached hydrogens (primary N) is 1. The average Bonchev–Trinajstić information content (AvgIpc) is 2.81. The molecule has 0 atom stereocenters. The van der Waals surface area contributed by atoms with Crippen molar-refractivity contribution in [3.8, 4) is 0 Å². The van der Waals surface area contributed by atoms with Gasteiger partial charge >= 0.3 is 0 Å². The smallest absolute Gasteiger partial charge is 0.246 e. The number of aryl methyl sites for hydroxylation is 1. The summed E-state index contributed by atoms with van der Waals surface area (Å²) in [5.74, 6) is 0.0424. The van der Waals surface area contributed by atoms with Crippen molar-refractivity contribution < 1.29 is 9.63 Å². The highest BCUT2D eigenvalue weighted by molar-refractivity contribution is 5.75. The van der Waals surface area contributed by atoms with Gasteiger partial charge in [0.15, 0.2) is 0 Å². The largest absolute Gasteiger partial charge is 0.399 e. The van der Waals surface area contributed by atoms with Crippen LogP contribution in [-0.2, 0) is 16.1 Å². The minimum Gasteiger partial charge on any atom is -0.399 e. The Labute approximate surface area is 94.9 Å². The summed E-state index contributed by atoms with van der Waals surface area (Å²) >= 11 is 0. The quantitative estimate of drug-likeness (QED) is 0.783. The van der Waals surface area contributed by atoms with Crippen LogP contribution in [-0.4, -0.2) is 24.1 Å². The monoisotopic (exact) mass is 220 g/mol. The number of hydroxylamine groups is 2. The summed E-state index contributed by atoms with van der Waals surface area (Å²) in [7, 11) is 0. The maximum Gasteiger partial charge on any atom is 0.246 e. The van der Waals surface area contributed by atoms with Crippen molar-refractivity contribution >= 4 is 11.6 Å². The van der Waals surface area contributed by atoms with Gasteiger partial charge in [0.25, 0.3) is 0 Å². The van der Waals surface area contributed by atoms with Gasteiger partial charge in [-0.3, -0.25) is 9.63 Å². The lowest BCUT2D eigenvalue weighted by Crippen LogP contribution is -2.26. The summed E-state index contributed by atoms with van der Waals surface area (Å²) < 4.78 is 0. The van der Waals surface area contributed by atoms with Gasteiger partial charge in [-0.15, -0.1) is 0 Å². The summed E-state index contributed by atoms with van der Waals surface area (Å²) in [6.07, 6.45) is 2.05. The summed E-state index contributed by atoms with van der Waals surface area (Å²) in [5, 5.41) is 1.46. The Morgan fingerprint density at radius 3 is 2.94 bits per heavy atom. The molecule has 2 N–H and O–H groups in total. The molecule has 0 aromatic heterocycles. The highest BCUT2D eigenvalue weighted by Gasteiger charge is 2.18. The van der Waals surface area contributed by atoms with Crippen molar-refractivity contribution in [1.82, 2.24) is 5.06 Å². The minimum atomic E-state index is 0.0424. The first-order valence-electron chi connectivity index (χ1n) is 5.54. The number of hydrogen-bond acceptors (Lipinski definition) is 3. The van der Waals surface area contributed by atoms with E-state index >= 15 is 0 Å². The molecule has 2 rings (SSSR count). The summed E-state index contributed by atoms with van der Waals surface area (Å²) in [4.78, 5) is 16.9. The number of carbonyl (C=O) groups is 1. The number of para-hydroxylation sites is 1. The lowest BCUT2D eigenvalue weighted by molar-refractivity contribution is -0.168. The Balaban J connectivity index is 1.87. The second-order valence-electron chi connectivity index (χ2n) is 3.88. The van der Waals surface area contributed by atoms with E-state index in [1.165, 1.54) is 5.06 Å². The van der Waals surface area contributed by atoms with Gasteiger partial charge in [-0.2, -0.15) is 0 Å². The zero-order chi connectivity index (χ0) is 11.4. The van der Waals surface area contributed by atoms with E-state index in [1.807, 2.05) is 24.3 Å². The van der Waals surface area contributed by atoms with Crippen molar-refractivity contribution in [3.05, 3.63) is 29.8 Å². The van der Waals surface area contributed by atoms with Gasteiger partial charge in [-0.05, 0) is 24.5 Å². The lowest BCUT2D eigenvalue weighted by atomic mass is 10.1. The van der Waals surface area contributed by atoms with E-state index in [9.17, 15) is 4.79 Å². The molecule has 0 spiro atoms. The molecule has 0 bridgehead atoms. The minimum absolute atomic E-state index is 0.0424. The Bertz CT molecular complexity index is 373. The molecule has 1 aromatic rings. The fourth-order valence-electron chi connectivity index (χ4n) is 1.77. The van der Waals surface area contributed by atoms with Gasteiger partial charge in [0.1, 0.15) is 0 Å². The van der Waals surface area contributed by atoms with Gasteiger partial charge in [0, 0.05) is 12.1 Å². The van der Waals surface area contributed by atoms with Crippen molar-refractivity contribution in [3.63, 3.8) is 0 Å². The van der Waals surface area contributed by atoms with Gasteiger partial charge in [0.2, 0.25) is 5.91 Å². The number of benzene rings is 1. The molecule has 1 fully saturated rings. The zero-order valence-electron chi connectivity index (χ0n) is 9.19. The fraction of sp³-hybridized carbons (Fsp3) is 0.417. The molecule has 0 saturated carbocycles. The lowest BCUT2D eigenvalue weighted by Gasteiger charge is -2.13. The molecule has 86 valence electrons. The van der Waals surface area contributed by atoms with E-state index in [4.69, 9.17) is 10.6 Å². The Morgan fingerprint density at radius 1 is 1.44 bits per heavy atom. The van der Waals surface area contributed by atoms with Crippen LogP contribution in [0.2, 0.25) is 0 Å². The number of hydrogen-bond donors (Lipinski definition) is 1. The molecule has 1 aliphatic rings. The molecule has 1 saturated heterocycles. The predicted octanol–water partition coefficient (Wildman–Crippen LogP) is 1.37. The van der Waals surface area contributed by atoms with Crippen LogP contribution in [0.4, 0.5) is 5.69 Å². The van der Waals surface area contributed by atoms with Crippen LogP contribution >= 0.6 is 0 Å². The van der Waals surface area contributed by atoms with Crippen LogP contribution in [0.3, 0.4) is 0 Å². The predicted molar refractivity (Wildman–Crippen MR) is 61.5 cm³/mol. The second-order valence-corrected chi connectivity index (χ2v) is 3.88. The van der Waals surface area contributed by atoms with E-state index in [0.717, 1.165) is 17.7 Å². The van der Waals surface area contributed by atoms with Crippen molar-refractivity contribution in [2.24, 2.45) is 0 Å². The number of carbonyl (C=O) groups excluding carboxylic acids is 1. The van der Waals surface area contributed by atoms with Gasteiger partial charge in [-0.1, -0.05) is 18.2 Å². The first kappa shape index (κ1) is 11.0. The molecule has 4 nitrogen and oxygen atoms in total. The van der Waals surface area contributed by atoms with Crippen LogP contribution in [0.5, 0.6) is 0 Å². The van der Waals surface area contributed by atoms with Crippen molar-refractivity contribution in [1.29, 1.82) is 0 Å². The van der Waals surface area contributed by atoms with E-state index < -0.39 is 0 Å². The SMILES string of the molecule is Nc1ccccc1CCC(=O)N1CCCO1. The van der Waals surface area contributed by atoms with Gasteiger partial charge in [0.05, 0.1) is 13.2 Å². The fourth-order valence-corrected chi connectivity index (χ4v) is 1.77. The van der Waals surface area contributed by atoms with Gasteiger partial charge < -0.3 is 5.73 Å². The molecule has 1 amide bonds. The Kier molecular flexibility index (Phi) is 3.41. The third-order valence-electron chi connectivity index (χ3n) is 2.69. The van der Waals surface area contributed by atoms with Crippen LogP contribution in [0.25, 0.3) is 0 Å². The van der Waals surface area contributed by atoms with Crippen LogP contribution in [0, 0.1) is 0 Å². The molecular weight excluding hydrogens is 204 g/mol. The molecule has 4 heteroatoms. The van der Waals surface area contributed by atoms with Crippen molar-refractivity contribution in [2.45, 2.75) is 19.3 Å². The van der Waals surface area contributed by atoms with E-state index in [-0.39, 0.29) is 5.91 Å². The molecule has 0 aliphatic carbocycles. The average molecular weight is 220 g/mol. The van der Waals surface area contributed by atoms with Crippen LogP contribution in [0.15, 0.2) is 24.3 Å².